The van der Waals surface area contributed by atoms with Crippen molar-refractivity contribution < 1.29 is 4.74 Å². The summed E-state index contributed by atoms with van der Waals surface area (Å²) in [5.41, 5.74) is 1.28. The Balaban J connectivity index is 2.64. The lowest BCUT2D eigenvalue weighted by Crippen LogP contribution is -2.18. The summed E-state index contributed by atoms with van der Waals surface area (Å²) in [5.74, 6) is 1.49. The van der Waals surface area contributed by atoms with Crippen LogP contribution in [0, 0.1) is 5.92 Å². The van der Waals surface area contributed by atoms with Crippen LogP contribution in [0.25, 0.3) is 0 Å². The highest BCUT2D eigenvalue weighted by Gasteiger charge is 2.09. The minimum absolute atomic E-state index is 0.257. The van der Waals surface area contributed by atoms with E-state index in [4.69, 9.17) is 4.74 Å². The average Bonchev–Trinajstić information content (AvgIpc) is 2.28. The second kappa shape index (κ2) is 5.90. The number of hydrogen-bond acceptors (Lipinski definition) is 2. The van der Waals surface area contributed by atoms with E-state index in [9.17, 15) is 0 Å². The lowest BCUT2D eigenvalue weighted by molar-refractivity contribution is 0.170. The molecule has 2 nitrogen and oxygen atoms in total. The zero-order valence-corrected chi connectivity index (χ0v) is 10.9. The van der Waals surface area contributed by atoms with Crippen molar-refractivity contribution in [2.75, 3.05) is 7.05 Å². The molecule has 1 aromatic carbocycles. The predicted octanol–water partition coefficient (Wildman–Crippen LogP) is 3.39. The van der Waals surface area contributed by atoms with Gasteiger partial charge in [0.15, 0.2) is 0 Å². The Hall–Kier alpha value is -1.02. The number of rotatable bonds is 5. The molecular formula is C14H23NO. The Kier molecular flexibility index (Phi) is 4.81. The van der Waals surface area contributed by atoms with Crippen molar-refractivity contribution in [3.05, 3.63) is 29.8 Å². The van der Waals surface area contributed by atoms with E-state index in [0.717, 1.165) is 5.75 Å². The first-order chi connectivity index (χ1) is 7.54. The molecule has 16 heavy (non-hydrogen) atoms. The maximum atomic E-state index is 5.82. The molecule has 0 heterocycles. The van der Waals surface area contributed by atoms with E-state index in [1.165, 1.54) is 5.56 Å². The van der Waals surface area contributed by atoms with Gasteiger partial charge < -0.3 is 10.1 Å². The van der Waals surface area contributed by atoms with Crippen LogP contribution in [0.3, 0.4) is 0 Å². The van der Waals surface area contributed by atoms with Gasteiger partial charge in [-0.15, -0.1) is 0 Å². The highest BCUT2D eigenvalue weighted by molar-refractivity contribution is 5.29. The van der Waals surface area contributed by atoms with Gasteiger partial charge >= 0.3 is 0 Å². The first kappa shape index (κ1) is 13.0. The zero-order chi connectivity index (χ0) is 12.1. The Morgan fingerprint density at radius 1 is 1.00 bits per heavy atom. The fourth-order valence-electron chi connectivity index (χ4n) is 1.35. The molecule has 1 aromatic rings. The molecule has 0 aliphatic carbocycles. The largest absolute Gasteiger partial charge is 0.490 e. The molecule has 90 valence electrons. The maximum Gasteiger partial charge on any atom is 0.119 e. The van der Waals surface area contributed by atoms with E-state index in [1.54, 1.807) is 0 Å². The van der Waals surface area contributed by atoms with Gasteiger partial charge in [0, 0.05) is 6.04 Å². The summed E-state index contributed by atoms with van der Waals surface area (Å²) in [5, 5.41) is 3.22. The Bertz CT molecular complexity index is 305. The fourth-order valence-corrected chi connectivity index (χ4v) is 1.35. The van der Waals surface area contributed by atoms with Crippen LogP contribution in [0.5, 0.6) is 5.75 Å². The van der Waals surface area contributed by atoms with Crippen LogP contribution in [-0.2, 0) is 0 Å². The molecule has 0 amide bonds. The third kappa shape index (κ3) is 3.53. The summed E-state index contributed by atoms with van der Waals surface area (Å²) in [7, 11) is 1.97. The van der Waals surface area contributed by atoms with E-state index >= 15 is 0 Å². The lowest BCUT2D eigenvalue weighted by Gasteiger charge is -2.18. The standard InChI is InChI=1S/C14H23NO/c1-10(2)12(4)16-14-8-6-13(7-9-14)11(3)15-5/h6-12,15H,1-5H3. The summed E-state index contributed by atoms with van der Waals surface area (Å²) in [4.78, 5) is 0. The lowest BCUT2D eigenvalue weighted by atomic mass is 10.1. The van der Waals surface area contributed by atoms with Crippen molar-refractivity contribution in [2.45, 2.75) is 39.8 Å². The topological polar surface area (TPSA) is 21.3 Å². The minimum atomic E-state index is 0.257. The monoisotopic (exact) mass is 221 g/mol. The first-order valence-electron chi connectivity index (χ1n) is 5.98. The second-order valence-electron chi connectivity index (χ2n) is 4.65. The number of hydrogen-bond donors (Lipinski definition) is 1. The van der Waals surface area contributed by atoms with Gasteiger partial charge in [-0.1, -0.05) is 26.0 Å². The van der Waals surface area contributed by atoms with Crippen molar-refractivity contribution in [2.24, 2.45) is 5.92 Å². The van der Waals surface area contributed by atoms with Gasteiger partial charge in [0.1, 0.15) is 5.75 Å². The molecule has 0 aliphatic rings. The van der Waals surface area contributed by atoms with Crippen molar-refractivity contribution >= 4 is 0 Å². The van der Waals surface area contributed by atoms with Crippen molar-refractivity contribution in [3.63, 3.8) is 0 Å². The highest BCUT2D eigenvalue weighted by Crippen LogP contribution is 2.19. The Morgan fingerprint density at radius 2 is 1.56 bits per heavy atom. The molecule has 1 N–H and O–H groups in total. The first-order valence-corrected chi connectivity index (χ1v) is 5.98. The molecule has 1 rings (SSSR count). The van der Waals surface area contributed by atoms with Crippen LogP contribution in [0.15, 0.2) is 24.3 Å². The smallest absolute Gasteiger partial charge is 0.119 e. The van der Waals surface area contributed by atoms with Gasteiger partial charge in [-0.2, -0.15) is 0 Å². The Morgan fingerprint density at radius 3 is 2.00 bits per heavy atom. The van der Waals surface area contributed by atoms with Gasteiger partial charge in [-0.25, -0.2) is 0 Å². The van der Waals surface area contributed by atoms with Crippen LogP contribution in [0.4, 0.5) is 0 Å². The maximum absolute atomic E-state index is 5.82. The molecule has 0 fully saturated rings. The van der Waals surface area contributed by atoms with Crippen molar-refractivity contribution in [1.82, 2.24) is 5.32 Å². The van der Waals surface area contributed by atoms with Crippen LogP contribution >= 0.6 is 0 Å². The number of ether oxygens (including phenoxy) is 1. The molecule has 0 saturated carbocycles. The average molecular weight is 221 g/mol. The zero-order valence-electron chi connectivity index (χ0n) is 10.9. The molecule has 0 spiro atoms. The molecule has 0 radical (unpaired) electrons. The summed E-state index contributed by atoms with van der Waals surface area (Å²) < 4.78 is 5.82. The van der Waals surface area contributed by atoms with Gasteiger partial charge in [-0.3, -0.25) is 0 Å². The molecule has 2 heteroatoms. The predicted molar refractivity (Wildman–Crippen MR) is 68.8 cm³/mol. The van der Waals surface area contributed by atoms with Crippen molar-refractivity contribution in [1.29, 1.82) is 0 Å². The van der Waals surface area contributed by atoms with Crippen LogP contribution in [-0.4, -0.2) is 13.2 Å². The molecule has 0 bridgehead atoms. The van der Waals surface area contributed by atoms with Gasteiger partial charge in [0.2, 0.25) is 0 Å². The molecular weight excluding hydrogens is 198 g/mol. The van der Waals surface area contributed by atoms with Crippen molar-refractivity contribution in [3.8, 4) is 5.75 Å². The summed E-state index contributed by atoms with van der Waals surface area (Å²) in [6, 6.07) is 8.70. The van der Waals surface area contributed by atoms with Crippen LogP contribution in [0.2, 0.25) is 0 Å². The van der Waals surface area contributed by atoms with E-state index in [2.05, 4.69) is 45.1 Å². The summed E-state index contributed by atoms with van der Waals surface area (Å²) in [6.45, 7) is 8.59. The van der Waals surface area contributed by atoms with E-state index in [-0.39, 0.29) is 6.10 Å². The number of benzene rings is 1. The molecule has 0 aromatic heterocycles. The molecule has 0 saturated heterocycles. The van der Waals surface area contributed by atoms with Crippen LogP contribution in [0.1, 0.15) is 39.3 Å². The fraction of sp³-hybridized carbons (Fsp3) is 0.571. The highest BCUT2D eigenvalue weighted by atomic mass is 16.5. The Labute approximate surface area is 99.0 Å². The van der Waals surface area contributed by atoms with Gasteiger partial charge in [0.05, 0.1) is 6.10 Å². The quantitative estimate of drug-likeness (QED) is 0.823. The third-order valence-corrected chi connectivity index (χ3v) is 3.07. The SMILES string of the molecule is CNC(C)c1ccc(OC(C)C(C)C)cc1. The summed E-state index contributed by atoms with van der Waals surface area (Å²) in [6.07, 6.45) is 0.257. The normalized spacial score (nSPS) is 14.9. The van der Waals surface area contributed by atoms with E-state index in [0.29, 0.717) is 12.0 Å². The molecule has 2 unspecified atom stereocenters. The van der Waals surface area contributed by atoms with E-state index < -0.39 is 0 Å². The van der Waals surface area contributed by atoms with Gasteiger partial charge in [-0.05, 0) is 44.5 Å². The number of nitrogens with one attached hydrogen (secondary N) is 1. The van der Waals surface area contributed by atoms with Gasteiger partial charge in [0.25, 0.3) is 0 Å². The molecule has 2 atom stereocenters. The second-order valence-corrected chi connectivity index (χ2v) is 4.65. The minimum Gasteiger partial charge on any atom is -0.490 e. The molecule has 0 aliphatic heterocycles. The summed E-state index contributed by atoms with van der Waals surface area (Å²) >= 11 is 0. The third-order valence-electron chi connectivity index (χ3n) is 3.07. The van der Waals surface area contributed by atoms with E-state index in [1.807, 2.05) is 19.2 Å². The van der Waals surface area contributed by atoms with Crippen LogP contribution < -0.4 is 10.1 Å².